The van der Waals surface area contributed by atoms with Crippen LogP contribution in [-0.4, -0.2) is 28.2 Å². The Morgan fingerprint density at radius 3 is 2.90 bits per heavy atom. The molecule has 2 aromatic heterocycles. The molecule has 2 heterocycles. The molecule has 0 amide bonds. The van der Waals surface area contributed by atoms with E-state index >= 15 is 0 Å². The van der Waals surface area contributed by atoms with Crippen molar-refractivity contribution >= 4 is 33.7 Å². The van der Waals surface area contributed by atoms with Crippen LogP contribution in [0.15, 0.2) is 18.5 Å². The van der Waals surface area contributed by atoms with Gasteiger partial charge in [0.05, 0.1) is 11.9 Å². The maximum absolute atomic E-state index is 13.3. The van der Waals surface area contributed by atoms with Crippen LogP contribution in [0.3, 0.4) is 0 Å². The third kappa shape index (κ3) is 3.19. The molecule has 0 aromatic carbocycles. The van der Waals surface area contributed by atoms with Crippen molar-refractivity contribution in [2.75, 3.05) is 11.9 Å². The number of pyridine rings is 1. The molecular weight excluding hydrogens is 307 g/mol. The van der Waals surface area contributed by atoms with Gasteiger partial charge >= 0.3 is 0 Å². The molecule has 21 heavy (non-hydrogen) atoms. The van der Waals surface area contributed by atoms with Crippen LogP contribution >= 0.6 is 23.6 Å². The molecule has 1 N–H and O–H groups in total. The predicted octanol–water partition coefficient (Wildman–Crippen LogP) is 3.13. The molecule has 1 aliphatic rings. The average Bonchev–Trinajstić information content (AvgIpc) is 3.18. The first-order valence-corrected chi connectivity index (χ1v) is 7.89. The van der Waals surface area contributed by atoms with E-state index in [9.17, 15) is 4.39 Å². The summed E-state index contributed by atoms with van der Waals surface area (Å²) in [4.78, 5) is 10.3. The number of aromatic nitrogens is 2. The Kier molecular flexibility index (Phi) is 3.86. The standard InChI is InChI=1S/C14H15FN4S2/c1-8-13(19(2)14(20)18-11-3-4-11)21-12(17-8)9-5-10(15)7-16-6-9/h5-7,11H,3-4H2,1-2H3,(H,18,20). The summed E-state index contributed by atoms with van der Waals surface area (Å²) < 4.78 is 13.3. The molecule has 0 spiro atoms. The maximum Gasteiger partial charge on any atom is 0.174 e. The Bertz CT molecular complexity index is 681. The van der Waals surface area contributed by atoms with Crippen molar-refractivity contribution < 1.29 is 4.39 Å². The molecule has 3 rings (SSSR count). The third-order valence-electron chi connectivity index (χ3n) is 3.24. The van der Waals surface area contributed by atoms with Gasteiger partial charge in [0.1, 0.15) is 15.8 Å². The summed E-state index contributed by atoms with van der Waals surface area (Å²) in [7, 11) is 1.92. The fraction of sp³-hybridized carbons (Fsp3) is 0.357. The Morgan fingerprint density at radius 2 is 2.24 bits per heavy atom. The zero-order chi connectivity index (χ0) is 15.0. The summed E-state index contributed by atoms with van der Waals surface area (Å²) in [5, 5.41) is 5.71. The highest BCUT2D eigenvalue weighted by Crippen LogP contribution is 2.34. The summed E-state index contributed by atoms with van der Waals surface area (Å²) >= 11 is 6.89. The van der Waals surface area contributed by atoms with E-state index in [0.29, 0.717) is 16.7 Å². The number of rotatable bonds is 3. The van der Waals surface area contributed by atoms with Gasteiger partial charge in [0.2, 0.25) is 0 Å². The van der Waals surface area contributed by atoms with E-state index < -0.39 is 0 Å². The molecule has 110 valence electrons. The van der Waals surface area contributed by atoms with Crippen molar-refractivity contribution in [3.05, 3.63) is 30.0 Å². The summed E-state index contributed by atoms with van der Waals surface area (Å²) in [5.41, 5.74) is 1.56. The zero-order valence-electron chi connectivity index (χ0n) is 11.8. The predicted molar refractivity (Wildman–Crippen MR) is 87.2 cm³/mol. The lowest BCUT2D eigenvalue weighted by atomic mass is 10.3. The van der Waals surface area contributed by atoms with E-state index in [0.717, 1.165) is 15.7 Å². The Morgan fingerprint density at radius 1 is 1.48 bits per heavy atom. The minimum absolute atomic E-state index is 0.360. The Balaban J connectivity index is 1.85. The van der Waals surface area contributed by atoms with Gasteiger partial charge in [0, 0.05) is 24.8 Å². The number of aryl methyl sites for hydroxylation is 1. The Labute approximate surface area is 132 Å². The van der Waals surface area contributed by atoms with Crippen molar-refractivity contribution in [2.24, 2.45) is 0 Å². The van der Waals surface area contributed by atoms with Crippen LogP contribution in [0.25, 0.3) is 10.6 Å². The van der Waals surface area contributed by atoms with Crippen LogP contribution < -0.4 is 10.2 Å². The number of anilines is 1. The Hall–Kier alpha value is -1.60. The lowest BCUT2D eigenvalue weighted by Crippen LogP contribution is -2.38. The highest BCUT2D eigenvalue weighted by atomic mass is 32.1. The number of halogens is 1. The van der Waals surface area contributed by atoms with Crippen molar-refractivity contribution in [1.29, 1.82) is 0 Å². The second-order valence-corrected chi connectivity index (χ2v) is 6.45. The van der Waals surface area contributed by atoms with Crippen molar-refractivity contribution in [3.8, 4) is 10.6 Å². The van der Waals surface area contributed by atoms with E-state index in [4.69, 9.17) is 12.2 Å². The zero-order valence-corrected chi connectivity index (χ0v) is 13.4. The van der Waals surface area contributed by atoms with E-state index in [1.807, 2.05) is 18.9 Å². The topological polar surface area (TPSA) is 41.1 Å². The maximum atomic E-state index is 13.3. The second-order valence-electron chi connectivity index (χ2n) is 5.08. The smallest absolute Gasteiger partial charge is 0.174 e. The largest absolute Gasteiger partial charge is 0.360 e. The monoisotopic (exact) mass is 322 g/mol. The fourth-order valence-electron chi connectivity index (χ4n) is 1.94. The molecule has 4 nitrogen and oxygen atoms in total. The minimum Gasteiger partial charge on any atom is -0.360 e. The SMILES string of the molecule is Cc1nc(-c2cncc(F)c2)sc1N(C)C(=S)NC1CC1. The molecule has 0 saturated heterocycles. The van der Waals surface area contributed by atoms with Gasteiger partial charge in [0.15, 0.2) is 5.11 Å². The number of nitrogens with one attached hydrogen (secondary N) is 1. The molecule has 2 aromatic rings. The lowest BCUT2D eigenvalue weighted by molar-refractivity contribution is 0.622. The van der Waals surface area contributed by atoms with E-state index in [-0.39, 0.29) is 5.82 Å². The van der Waals surface area contributed by atoms with Crippen LogP contribution in [0.5, 0.6) is 0 Å². The number of nitrogens with zero attached hydrogens (tertiary/aromatic N) is 3. The van der Waals surface area contributed by atoms with Gasteiger partial charge in [-0.15, -0.1) is 0 Å². The molecule has 1 fully saturated rings. The van der Waals surface area contributed by atoms with E-state index in [1.165, 1.54) is 36.4 Å². The van der Waals surface area contributed by atoms with E-state index in [2.05, 4.69) is 15.3 Å². The minimum atomic E-state index is -0.360. The normalized spacial score (nSPS) is 14.0. The van der Waals surface area contributed by atoms with Crippen LogP contribution in [0.4, 0.5) is 9.39 Å². The van der Waals surface area contributed by atoms with E-state index in [1.54, 1.807) is 6.20 Å². The molecule has 0 bridgehead atoms. The van der Waals surface area contributed by atoms with Crippen molar-refractivity contribution in [3.63, 3.8) is 0 Å². The first-order chi connectivity index (χ1) is 10.0. The highest BCUT2D eigenvalue weighted by molar-refractivity contribution is 7.80. The van der Waals surface area contributed by atoms with Crippen LogP contribution in [0, 0.1) is 12.7 Å². The number of thiocarbonyl (C=S) groups is 1. The molecule has 0 aliphatic heterocycles. The molecule has 1 saturated carbocycles. The van der Waals surface area contributed by atoms with Crippen LogP contribution in [-0.2, 0) is 0 Å². The quantitative estimate of drug-likeness (QED) is 0.879. The van der Waals surface area contributed by atoms with Crippen molar-refractivity contribution in [1.82, 2.24) is 15.3 Å². The number of hydrogen-bond acceptors (Lipinski definition) is 4. The van der Waals surface area contributed by atoms with Gasteiger partial charge in [-0.1, -0.05) is 11.3 Å². The molecule has 0 radical (unpaired) electrons. The summed E-state index contributed by atoms with van der Waals surface area (Å²) in [6, 6.07) is 1.95. The summed E-state index contributed by atoms with van der Waals surface area (Å²) in [6.45, 7) is 1.93. The third-order valence-corrected chi connectivity index (χ3v) is 4.91. The molecule has 1 aliphatic carbocycles. The lowest BCUT2D eigenvalue weighted by Gasteiger charge is -2.19. The van der Waals surface area contributed by atoms with Crippen LogP contribution in [0.2, 0.25) is 0 Å². The summed E-state index contributed by atoms with van der Waals surface area (Å²) in [5.74, 6) is -0.360. The van der Waals surface area contributed by atoms with Gasteiger partial charge in [-0.2, -0.15) is 0 Å². The molecule has 0 atom stereocenters. The van der Waals surface area contributed by atoms with Crippen molar-refractivity contribution in [2.45, 2.75) is 25.8 Å². The number of hydrogen-bond donors (Lipinski definition) is 1. The van der Waals surface area contributed by atoms with Gasteiger partial charge in [-0.05, 0) is 38.0 Å². The average molecular weight is 322 g/mol. The van der Waals surface area contributed by atoms with Gasteiger partial charge < -0.3 is 10.2 Å². The van der Waals surface area contributed by atoms with Gasteiger partial charge in [0.25, 0.3) is 0 Å². The molecule has 0 unspecified atom stereocenters. The molecule has 7 heteroatoms. The second kappa shape index (κ2) is 5.65. The molecular formula is C14H15FN4S2. The fourth-order valence-corrected chi connectivity index (χ4v) is 3.28. The first kappa shape index (κ1) is 14.3. The van der Waals surface area contributed by atoms with Gasteiger partial charge in [-0.3, -0.25) is 4.98 Å². The number of thiazole rings is 1. The van der Waals surface area contributed by atoms with Crippen LogP contribution in [0.1, 0.15) is 18.5 Å². The first-order valence-electron chi connectivity index (χ1n) is 6.67. The summed E-state index contributed by atoms with van der Waals surface area (Å²) in [6.07, 6.45) is 5.16. The van der Waals surface area contributed by atoms with Gasteiger partial charge in [-0.25, -0.2) is 9.37 Å². The highest BCUT2D eigenvalue weighted by Gasteiger charge is 2.24.